The van der Waals surface area contributed by atoms with Gasteiger partial charge in [0, 0.05) is 38.3 Å². The summed E-state index contributed by atoms with van der Waals surface area (Å²) in [6.45, 7) is 6.30. The van der Waals surface area contributed by atoms with E-state index in [0.717, 1.165) is 26.2 Å². The van der Waals surface area contributed by atoms with Crippen LogP contribution in [-0.2, 0) is 13.1 Å². The number of rotatable bonds is 5. The van der Waals surface area contributed by atoms with Gasteiger partial charge in [0.15, 0.2) is 0 Å². The number of benzene rings is 2. The van der Waals surface area contributed by atoms with Gasteiger partial charge in [-0.05, 0) is 18.1 Å². The van der Waals surface area contributed by atoms with Gasteiger partial charge < -0.3 is 5.11 Å². The van der Waals surface area contributed by atoms with Crippen molar-refractivity contribution in [3.05, 3.63) is 71.8 Å². The van der Waals surface area contributed by atoms with Crippen molar-refractivity contribution in [2.24, 2.45) is 0 Å². The van der Waals surface area contributed by atoms with Gasteiger partial charge in [0.25, 0.3) is 0 Å². The lowest BCUT2D eigenvalue weighted by Crippen LogP contribution is -2.58. The predicted molar refractivity (Wildman–Crippen MR) is 94.0 cm³/mol. The largest absolute Gasteiger partial charge is 0.395 e. The van der Waals surface area contributed by atoms with E-state index < -0.39 is 0 Å². The number of aliphatic hydroxyl groups excluding tert-OH is 1. The number of nitrogens with zero attached hydrogens (tertiary/aromatic N) is 2. The van der Waals surface area contributed by atoms with E-state index >= 15 is 0 Å². The van der Waals surface area contributed by atoms with Crippen LogP contribution in [0.25, 0.3) is 0 Å². The molecular formula is C20H26N2O. The van der Waals surface area contributed by atoms with E-state index in [1.54, 1.807) is 0 Å². The maximum Gasteiger partial charge on any atom is 0.0599 e. The first-order chi connectivity index (χ1) is 11.3. The van der Waals surface area contributed by atoms with Gasteiger partial charge in [0.1, 0.15) is 0 Å². The van der Waals surface area contributed by atoms with Gasteiger partial charge in [-0.15, -0.1) is 0 Å². The summed E-state index contributed by atoms with van der Waals surface area (Å²) in [7, 11) is 0. The Bertz CT molecular complexity index is 587. The van der Waals surface area contributed by atoms with E-state index in [-0.39, 0.29) is 12.6 Å². The Labute approximate surface area is 139 Å². The Balaban J connectivity index is 1.66. The molecule has 0 saturated carbocycles. The Morgan fingerprint density at radius 3 is 2.00 bits per heavy atom. The average Bonchev–Trinajstić information content (AvgIpc) is 2.59. The van der Waals surface area contributed by atoms with Crippen LogP contribution < -0.4 is 0 Å². The molecule has 1 unspecified atom stereocenters. The molecule has 1 aliphatic heterocycles. The van der Waals surface area contributed by atoms with E-state index in [1.165, 1.54) is 11.1 Å². The van der Waals surface area contributed by atoms with Crippen LogP contribution >= 0.6 is 0 Å². The maximum absolute atomic E-state index is 9.87. The van der Waals surface area contributed by atoms with E-state index in [0.29, 0.717) is 6.04 Å². The fraction of sp³-hybridized carbons (Fsp3) is 0.400. The molecule has 1 aliphatic rings. The minimum Gasteiger partial charge on any atom is -0.395 e. The summed E-state index contributed by atoms with van der Waals surface area (Å²) >= 11 is 0. The monoisotopic (exact) mass is 310 g/mol. The van der Waals surface area contributed by atoms with Gasteiger partial charge in [0.2, 0.25) is 0 Å². The van der Waals surface area contributed by atoms with Crippen LogP contribution in [0.1, 0.15) is 18.1 Å². The lowest BCUT2D eigenvalue weighted by atomic mass is 10.0. The molecule has 0 bridgehead atoms. The predicted octanol–water partition coefficient (Wildman–Crippen LogP) is 2.75. The molecule has 1 saturated heterocycles. The summed E-state index contributed by atoms with van der Waals surface area (Å²) in [5, 5.41) is 9.87. The maximum atomic E-state index is 9.87. The van der Waals surface area contributed by atoms with Gasteiger partial charge >= 0.3 is 0 Å². The number of piperazine rings is 1. The molecule has 122 valence electrons. The third-order valence-electron chi connectivity index (χ3n) is 4.69. The summed E-state index contributed by atoms with van der Waals surface area (Å²) in [6, 6.07) is 21.8. The topological polar surface area (TPSA) is 26.7 Å². The van der Waals surface area contributed by atoms with Crippen molar-refractivity contribution in [2.75, 3.05) is 19.7 Å². The molecule has 2 aromatic rings. The zero-order valence-corrected chi connectivity index (χ0v) is 13.8. The Hall–Kier alpha value is -1.68. The van der Waals surface area contributed by atoms with Crippen LogP contribution in [-0.4, -0.2) is 46.7 Å². The summed E-state index contributed by atoms with van der Waals surface area (Å²) in [5.41, 5.74) is 2.65. The number of aliphatic hydroxyl groups is 1. The van der Waals surface area contributed by atoms with Crippen molar-refractivity contribution < 1.29 is 5.11 Å². The van der Waals surface area contributed by atoms with Crippen molar-refractivity contribution in [3.63, 3.8) is 0 Å². The van der Waals surface area contributed by atoms with Crippen LogP contribution in [0.2, 0.25) is 0 Å². The van der Waals surface area contributed by atoms with Gasteiger partial charge in [-0.25, -0.2) is 0 Å². The molecule has 0 aromatic heterocycles. The zero-order chi connectivity index (χ0) is 16.1. The highest BCUT2D eigenvalue weighted by atomic mass is 16.3. The summed E-state index contributed by atoms with van der Waals surface area (Å²) in [5.74, 6) is 0. The summed E-state index contributed by atoms with van der Waals surface area (Å²) < 4.78 is 0. The normalized spacial score (nSPS) is 23.0. The highest BCUT2D eigenvalue weighted by Gasteiger charge is 2.31. The smallest absolute Gasteiger partial charge is 0.0599 e. The Morgan fingerprint density at radius 1 is 0.870 bits per heavy atom. The second-order valence-corrected chi connectivity index (χ2v) is 6.52. The molecule has 2 atom stereocenters. The second-order valence-electron chi connectivity index (χ2n) is 6.52. The van der Waals surface area contributed by atoms with Crippen LogP contribution in [0.5, 0.6) is 0 Å². The lowest BCUT2D eigenvalue weighted by Gasteiger charge is -2.45. The molecule has 23 heavy (non-hydrogen) atoms. The standard InChI is InChI=1S/C20H26N2O/c1-17-12-21(13-18-8-4-2-5-9-18)15-20(16-23)22(17)14-19-10-6-3-7-11-19/h2-11,17,20,23H,12-16H2,1H3/t17-,20?/m1/s1. The van der Waals surface area contributed by atoms with E-state index in [1.807, 2.05) is 6.07 Å². The fourth-order valence-electron chi connectivity index (χ4n) is 3.53. The van der Waals surface area contributed by atoms with E-state index in [9.17, 15) is 5.11 Å². The number of hydrogen-bond donors (Lipinski definition) is 1. The molecule has 0 amide bonds. The minimum absolute atomic E-state index is 0.197. The van der Waals surface area contributed by atoms with Crippen molar-refractivity contribution >= 4 is 0 Å². The molecular weight excluding hydrogens is 284 g/mol. The first kappa shape index (κ1) is 16.2. The van der Waals surface area contributed by atoms with E-state index in [2.05, 4.69) is 71.3 Å². The van der Waals surface area contributed by atoms with Gasteiger partial charge in [-0.3, -0.25) is 9.80 Å². The van der Waals surface area contributed by atoms with Crippen molar-refractivity contribution in [1.29, 1.82) is 0 Å². The van der Waals surface area contributed by atoms with Crippen LogP contribution in [0.4, 0.5) is 0 Å². The van der Waals surface area contributed by atoms with Gasteiger partial charge in [-0.2, -0.15) is 0 Å². The quantitative estimate of drug-likeness (QED) is 0.920. The molecule has 1 heterocycles. The molecule has 1 N–H and O–H groups in total. The third-order valence-corrected chi connectivity index (χ3v) is 4.69. The minimum atomic E-state index is 0.197. The highest BCUT2D eigenvalue weighted by Crippen LogP contribution is 2.20. The van der Waals surface area contributed by atoms with Gasteiger partial charge in [-0.1, -0.05) is 60.7 Å². The molecule has 1 fully saturated rings. The third kappa shape index (κ3) is 4.20. The summed E-state index contributed by atoms with van der Waals surface area (Å²) in [4.78, 5) is 4.90. The van der Waals surface area contributed by atoms with Gasteiger partial charge in [0.05, 0.1) is 6.61 Å². The molecule has 0 radical (unpaired) electrons. The zero-order valence-electron chi connectivity index (χ0n) is 13.8. The molecule has 2 aromatic carbocycles. The molecule has 0 spiro atoms. The van der Waals surface area contributed by atoms with E-state index in [4.69, 9.17) is 0 Å². The SMILES string of the molecule is C[C@@H]1CN(Cc2ccccc2)CC(CO)N1Cc1ccccc1. The molecule has 3 heteroatoms. The highest BCUT2D eigenvalue weighted by molar-refractivity contribution is 5.16. The fourth-order valence-corrected chi connectivity index (χ4v) is 3.53. The first-order valence-electron chi connectivity index (χ1n) is 8.43. The van der Waals surface area contributed by atoms with Crippen molar-refractivity contribution in [1.82, 2.24) is 9.80 Å². The van der Waals surface area contributed by atoms with Crippen molar-refractivity contribution in [3.8, 4) is 0 Å². The van der Waals surface area contributed by atoms with Crippen LogP contribution in [0, 0.1) is 0 Å². The number of hydrogen-bond acceptors (Lipinski definition) is 3. The molecule has 3 rings (SSSR count). The average molecular weight is 310 g/mol. The van der Waals surface area contributed by atoms with Crippen LogP contribution in [0.15, 0.2) is 60.7 Å². The molecule has 0 aliphatic carbocycles. The second kappa shape index (κ2) is 7.73. The lowest BCUT2D eigenvalue weighted by molar-refractivity contribution is -0.00429. The van der Waals surface area contributed by atoms with Crippen LogP contribution in [0.3, 0.4) is 0 Å². The van der Waals surface area contributed by atoms with Crippen molar-refractivity contribution in [2.45, 2.75) is 32.1 Å². The Kier molecular flexibility index (Phi) is 5.44. The Morgan fingerprint density at radius 2 is 1.43 bits per heavy atom. The summed E-state index contributed by atoms with van der Waals surface area (Å²) in [6.07, 6.45) is 0. The first-order valence-corrected chi connectivity index (χ1v) is 8.43. The molecule has 3 nitrogen and oxygen atoms in total.